The van der Waals surface area contributed by atoms with Gasteiger partial charge in [-0.25, -0.2) is 4.98 Å². The summed E-state index contributed by atoms with van der Waals surface area (Å²) < 4.78 is 5.70. The van der Waals surface area contributed by atoms with E-state index >= 15 is 0 Å². The fourth-order valence-corrected chi connectivity index (χ4v) is 4.13. The van der Waals surface area contributed by atoms with Crippen molar-refractivity contribution in [2.45, 2.75) is 13.3 Å². The molecule has 1 saturated heterocycles. The summed E-state index contributed by atoms with van der Waals surface area (Å²) >= 11 is 6.54. The van der Waals surface area contributed by atoms with E-state index in [0.717, 1.165) is 36.3 Å². The molecule has 0 aliphatic carbocycles. The second-order valence-electron chi connectivity index (χ2n) is 7.63. The summed E-state index contributed by atoms with van der Waals surface area (Å²) in [6.07, 6.45) is 1.18. The minimum absolute atomic E-state index is 0.230. The third-order valence-electron chi connectivity index (χ3n) is 5.46. The smallest absolute Gasteiger partial charge is 0.294 e. The van der Waals surface area contributed by atoms with Crippen molar-refractivity contribution >= 4 is 39.4 Å². The van der Waals surface area contributed by atoms with E-state index in [-0.39, 0.29) is 11.1 Å². The highest BCUT2D eigenvalue weighted by molar-refractivity contribution is 6.33. The average Bonchev–Trinajstić information content (AvgIpc) is 3.34. The van der Waals surface area contributed by atoms with Crippen LogP contribution in [0.4, 0.5) is 5.69 Å². The zero-order valence-electron chi connectivity index (χ0n) is 16.0. The predicted octanol–water partition coefficient (Wildman–Crippen LogP) is 4.32. The topological polar surface area (TPSA) is 83.0 Å². The highest BCUT2D eigenvalue weighted by atomic mass is 35.5. The van der Waals surface area contributed by atoms with Crippen LogP contribution in [0.2, 0.25) is 5.02 Å². The normalized spacial score (nSPS) is 16.7. The molecule has 29 heavy (non-hydrogen) atoms. The number of rotatable bonds is 4. The van der Waals surface area contributed by atoms with E-state index < -0.39 is 0 Å². The maximum absolute atomic E-state index is 12.6. The molecule has 1 atom stereocenters. The molecule has 0 spiro atoms. The van der Waals surface area contributed by atoms with Crippen molar-refractivity contribution in [1.29, 1.82) is 0 Å². The zero-order valence-corrected chi connectivity index (χ0v) is 16.8. The van der Waals surface area contributed by atoms with E-state index in [0.29, 0.717) is 33.4 Å². The van der Waals surface area contributed by atoms with Gasteiger partial charge in [-0.15, -0.1) is 0 Å². The van der Waals surface area contributed by atoms with Crippen molar-refractivity contribution in [3.63, 3.8) is 0 Å². The molecule has 0 saturated carbocycles. The average molecular weight is 409 g/mol. The van der Waals surface area contributed by atoms with E-state index in [1.807, 2.05) is 43.3 Å². The first-order valence-electron chi connectivity index (χ1n) is 9.76. The number of aromatic nitrogens is 2. The minimum Gasteiger partial charge on any atom is -0.449 e. The molecule has 0 bridgehead atoms. The number of anilines is 1. The Hall–Kier alpha value is -2.83. The van der Waals surface area contributed by atoms with Crippen LogP contribution in [0.1, 0.15) is 12.0 Å². The standard InChI is InChI=1S/C22H21ClN4O2/c1-12-2-5-18-16(8-12)19-20(29-18)22(28)27-21(26-19)15-4-3-14(9-17(15)23)25-11-13-6-7-24-10-13/h2-5,8-9,13,24-25H,6-7,10-11H2,1H3,(H,26,27,28). The largest absolute Gasteiger partial charge is 0.449 e. The maximum Gasteiger partial charge on any atom is 0.294 e. The van der Waals surface area contributed by atoms with Crippen LogP contribution in [0.25, 0.3) is 33.5 Å². The lowest BCUT2D eigenvalue weighted by atomic mass is 10.1. The van der Waals surface area contributed by atoms with Crippen LogP contribution < -0.4 is 16.2 Å². The van der Waals surface area contributed by atoms with Crippen LogP contribution in [-0.2, 0) is 0 Å². The van der Waals surface area contributed by atoms with Crippen molar-refractivity contribution < 1.29 is 4.42 Å². The fourth-order valence-electron chi connectivity index (χ4n) is 3.86. The van der Waals surface area contributed by atoms with Gasteiger partial charge < -0.3 is 20.0 Å². The SMILES string of the molecule is Cc1ccc2oc3c(=O)[nH]c(-c4ccc(NCC5CCNC5)cc4Cl)nc3c2c1. The number of halogens is 1. The Labute approximate surface area is 172 Å². The summed E-state index contributed by atoms with van der Waals surface area (Å²) in [5, 5.41) is 8.17. The molecule has 0 amide bonds. The highest BCUT2D eigenvalue weighted by Crippen LogP contribution is 2.31. The van der Waals surface area contributed by atoms with Gasteiger partial charge in [-0.3, -0.25) is 4.79 Å². The second-order valence-corrected chi connectivity index (χ2v) is 8.04. The third-order valence-corrected chi connectivity index (χ3v) is 5.77. The number of fused-ring (bicyclic) bond motifs is 3. The lowest BCUT2D eigenvalue weighted by Crippen LogP contribution is -2.17. The summed E-state index contributed by atoms with van der Waals surface area (Å²) in [5.41, 5.74) is 3.83. The Balaban J connectivity index is 1.52. The van der Waals surface area contributed by atoms with Crippen molar-refractivity contribution in [3.8, 4) is 11.4 Å². The molecule has 7 heteroatoms. The van der Waals surface area contributed by atoms with Gasteiger partial charge in [0.05, 0.1) is 5.02 Å². The molecule has 1 aliphatic rings. The van der Waals surface area contributed by atoms with E-state index in [4.69, 9.17) is 16.0 Å². The monoisotopic (exact) mass is 408 g/mol. The van der Waals surface area contributed by atoms with Gasteiger partial charge in [0.25, 0.3) is 5.56 Å². The molecular weight excluding hydrogens is 388 g/mol. The highest BCUT2D eigenvalue weighted by Gasteiger charge is 2.17. The first kappa shape index (κ1) is 18.2. The van der Waals surface area contributed by atoms with Crippen molar-refractivity contribution in [2.24, 2.45) is 5.92 Å². The number of aryl methyl sites for hydroxylation is 1. The molecule has 1 unspecified atom stereocenters. The van der Waals surface area contributed by atoms with Gasteiger partial charge in [-0.2, -0.15) is 0 Å². The van der Waals surface area contributed by atoms with Gasteiger partial charge in [-0.05, 0) is 62.7 Å². The summed E-state index contributed by atoms with van der Waals surface area (Å²) in [7, 11) is 0. The molecular formula is C22H21ClN4O2. The Morgan fingerprint density at radius 3 is 2.97 bits per heavy atom. The molecule has 2 aromatic heterocycles. The van der Waals surface area contributed by atoms with Crippen LogP contribution in [0.3, 0.4) is 0 Å². The van der Waals surface area contributed by atoms with E-state index in [1.54, 1.807) is 0 Å². The summed E-state index contributed by atoms with van der Waals surface area (Å²) in [6.45, 7) is 5.03. The molecule has 1 fully saturated rings. The number of hydrogen-bond acceptors (Lipinski definition) is 5. The van der Waals surface area contributed by atoms with Crippen LogP contribution in [0, 0.1) is 12.8 Å². The molecule has 148 valence electrons. The van der Waals surface area contributed by atoms with E-state index in [1.165, 1.54) is 6.42 Å². The summed E-state index contributed by atoms with van der Waals surface area (Å²) in [4.78, 5) is 20.1. The molecule has 2 aromatic carbocycles. The molecule has 4 aromatic rings. The van der Waals surface area contributed by atoms with Gasteiger partial charge in [-0.1, -0.05) is 23.2 Å². The minimum atomic E-state index is -0.314. The first-order valence-corrected chi connectivity index (χ1v) is 10.1. The number of nitrogens with one attached hydrogen (secondary N) is 3. The van der Waals surface area contributed by atoms with Crippen molar-refractivity contribution in [2.75, 3.05) is 25.0 Å². The second kappa shape index (κ2) is 7.21. The Morgan fingerprint density at radius 1 is 1.28 bits per heavy atom. The Bertz CT molecular complexity index is 1270. The van der Waals surface area contributed by atoms with Crippen molar-refractivity contribution in [1.82, 2.24) is 15.3 Å². The van der Waals surface area contributed by atoms with Crippen molar-refractivity contribution in [3.05, 3.63) is 57.3 Å². The Morgan fingerprint density at radius 2 is 2.17 bits per heavy atom. The van der Waals surface area contributed by atoms with Gasteiger partial charge in [0.15, 0.2) is 0 Å². The summed E-state index contributed by atoms with van der Waals surface area (Å²) in [6, 6.07) is 11.5. The van der Waals surface area contributed by atoms with E-state index in [9.17, 15) is 4.79 Å². The quantitative estimate of drug-likeness (QED) is 0.468. The maximum atomic E-state index is 12.6. The fraction of sp³-hybridized carbons (Fsp3) is 0.273. The predicted molar refractivity (Wildman–Crippen MR) is 117 cm³/mol. The van der Waals surface area contributed by atoms with Gasteiger partial charge in [0.2, 0.25) is 5.58 Å². The van der Waals surface area contributed by atoms with E-state index in [2.05, 4.69) is 20.6 Å². The van der Waals surface area contributed by atoms with Crippen LogP contribution >= 0.6 is 11.6 Å². The van der Waals surface area contributed by atoms with Crippen LogP contribution in [0.15, 0.2) is 45.6 Å². The number of aromatic amines is 1. The van der Waals surface area contributed by atoms with Crippen LogP contribution in [0.5, 0.6) is 0 Å². The number of H-pyrrole nitrogens is 1. The van der Waals surface area contributed by atoms with Crippen LogP contribution in [-0.4, -0.2) is 29.6 Å². The number of nitrogens with zero attached hydrogens (tertiary/aromatic N) is 1. The first-order chi connectivity index (χ1) is 14.1. The molecule has 6 nitrogen and oxygen atoms in total. The Kier molecular flexibility index (Phi) is 4.53. The zero-order chi connectivity index (χ0) is 20.0. The lowest BCUT2D eigenvalue weighted by Gasteiger charge is -2.12. The van der Waals surface area contributed by atoms with Gasteiger partial charge in [0, 0.05) is 23.2 Å². The third kappa shape index (κ3) is 3.39. The van der Waals surface area contributed by atoms with Gasteiger partial charge >= 0.3 is 0 Å². The molecule has 5 rings (SSSR count). The molecule has 3 heterocycles. The lowest BCUT2D eigenvalue weighted by molar-refractivity contribution is 0.615. The molecule has 3 N–H and O–H groups in total. The number of furan rings is 1. The van der Waals surface area contributed by atoms with Gasteiger partial charge in [0.1, 0.15) is 16.9 Å². The summed E-state index contributed by atoms with van der Waals surface area (Å²) in [5.74, 6) is 1.06. The number of hydrogen-bond donors (Lipinski definition) is 3. The number of benzene rings is 2. The molecule has 1 aliphatic heterocycles. The molecule has 0 radical (unpaired) electrons.